The Morgan fingerprint density at radius 2 is 1.62 bits per heavy atom. The lowest BCUT2D eigenvalue weighted by atomic mass is 10.1. The van der Waals surface area contributed by atoms with Gasteiger partial charge in [0.25, 0.3) is 0 Å². The molecule has 0 saturated heterocycles. The maximum absolute atomic E-state index is 5.91. The quantitative estimate of drug-likeness (QED) is 0.112. The van der Waals surface area contributed by atoms with Crippen LogP contribution in [0.15, 0.2) is 60.8 Å². The van der Waals surface area contributed by atoms with Gasteiger partial charge in [0.1, 0.15) is 6.10 Å². The van der Waals surface area contributed by atoms with Gasteiger partial charge in [0.15, 0.2) is 0 Å². The summed E-state index contributed by atoms with van der Waals surface area (Å²) in [5.41, 5.74) is 0. The summed E-state index contributed by atoms with van der Waals surface area (Å²) in [7, 11) is 10.2. The summed E-state index contributed by atoms with van der Waals surface area (Å²) in [6, 6.07) is 0. The number of unbranched alkanes of at least 4 members (excludes halogenated alkanes) is 1. The molecule has 0 aromatic heterocycles. The monoisotopic (exact) mass is 512 g/mol. The van der Waals surface area contributed by atoms with Gasteiger partial charge in [-0.1, -0.05) is 114 Å². The molecule has 3 nitrogen and oxygen atoms in total. The molecule has 0 rings (SSSR count). The predicted octanol–water partition coefficient (Wildman–Crippen LogP) is 8.06. The van der Waals surface area contributed by atoms with E-state index in [2.05, 4.69) is 74.4 Å². The molecule has 0 aliphatic heterocycles. The molecule has 0 radical (unpaired) electrons. The summed E-state index contributed by atoms with van der Waals surface area (Å²) in [5, 5.41) is 0. The smallest absolute Gasteiger partial charge is 0.107 e. The molecule has 8 atom stereocenters. The van der Waals surface area contributed by atoms with Crippen LogP contribution in [0.3, 0.4) is 0 Å². The van der Waals surface area contributed by atoms with E-state index in [0.717, 1.165) is 32.1 Å². The normalized spacial score (nSPS) is 16.8. The Bertz CT molecular complexity index is 520. The van der Waals surface area contributed by atoms with Gasteiger partial charge in [-0.2, -0.15) is 0 Å². The van der Waals surface area contributed by atoms with Crippen molar-refractivity contribution < 1.29 is 13.6 Å². The van der Waals surface area contributed by atoms with Crippen LogP contribution in [0.2, 0.25) is 0 Å². The minimum Gasteiger partial charge on any atom is -0.359 e. The van der Waals surface area contributed by atoms with E-state index in [1.165, 1.54) is 0 Å². The molecule has 0 aliphatic carbocycles. The molecule has 0 saturated carbocycles. The Hall–Kier alpha value is 1.16. The highest BCUT2D eigenvalue weighted by Crippen LogP contribution is 2.54. The van der Waals surface area contributed by atoms with Crippen molar-refractivity contribution >= 4 is 52.3 Å². The molecule has 0 amide bonds. The van der Waals surface area contributed by atoms with Crippen LogP contribution in [0.25, 0.3) is 0 Å². The Kier molecular flexibility index (Phi) is 23.3. The number of hydrogen-bond donors (Lipinski definition) is 0. The zero-order chi connectivity index (χ0) is 21.7. The first-order chi connectivity index (χ1) is 14.1. The third-order valence-corrected chi connectivity index (χ3v) is 6.21. The van der Waals surface area contributed by atoms with E-state index in [9.17, 15) is 0 Å². The summed E-state index contributed by atoms with van der Waals surface area (Å²) in [6.45, 7) is 4.32. The van der Waals surface area contributed by atoms with Crippen molar-refractivity contribution in [3.8, 4) is 0 Å². The Morgan fingerprint density at radius 1 is 0.966 bits per heavy atom. The molecular formula is C20H38O3P6. The van der Waals surface area contributed by atoms with Gasteiger partial charge in [-0.05, 0) is 19.3 Å². The van der Waals surface area contributed by atoms with Crippen LogP contribution in [0.1, 0.15) is 46.0 Å². The van der Waals surface area contributed by atoms with Gasteiger partial charge in [0, 0.05) is 18.0 Å². The zero-order valence-electron chi connectivity index (χ0n) is 17.5. The fourth-order valence-corrected chi connectivity index (χ4v) is 4.92. The first kappa shape index (κ1) is 30.2. The first-order valence-corrected chi connectivity index (χ1v) is 17.5. The van der Waals surface area contributed by atoms with E-state index in [1.807, 2.05) is 36.5 Å². The van der Waals surface area contributed by atoms with Gasteiger partial charge >= 0.3 is 0 Å². The second-order valence-electron chi connectivity index (χ2n) is 6.18. The lowest BCUT2D eigenvalue weighted by Gasteiger charge is -2.22. The van der Waals surface area contributed by atoms with E-state index < -0.39 is 7.53 Å². The highest BCUT2D eigenvalue weighted by Gasteiger charge is 2.18. The van der Waals surface area contributed by atoms with E-state index in [0.29, 0.717) is 8.50 Å². The summed E-state index contributed by atoms with van der Waals surface area (Å²) in [6.07, 6.45) is 26.0. The average Bonchev–Trinajstić information content (AvgIpc) is 2.69. The third-order valence-electron chi connectivity index (χ3n) is 3.80. The van der Waals surface area contributed by atoms with E-state index in [-0.39, 0.29) is 18.3 Å². The average molecular weight is 512 g/mol. The summed E-state index contributed by atoms with van der Waals surface area (Å²) in [5.74, 6) is 0. The minimum absolute atomic E-state index is 0.0359. The van der Waals surface area contributed by atoms with Crippen molar-refractivity contribution in [2.75, 3.05) is 0 Å². The summed E-state index contributed by atoms with van der Waals surface area (Å²) >= 11 is 0. The van der Waals surface area contributed by atoms with Gasteiger partial charge in [-0.3, -0.25) is 0 Å². The van der Waals surface area contributed by atoms with Gasteiger partial charge in [-0.15, -0.1) is 0 Å². The van der Waals surface area contributed by atoms with E-state index in [1.54, 1.807) is 0 Å². The van der Waals surface area contributed by atoms with Gasteiger partial charge in [0.2, 0.25) is 0 Å². The van der Waals surface area contributed by atoms with Gasteiger partial charge < -0.3 is 13.6 Å². The highest BCUT2D eigenvalue weighted by molar-refractivity contribution is 8.41. The minimum atomic E-state index is -0.538. The fraction of sp³-hybridized carbons (Fsp3) is 0.500. The van der Waals surface area contributed by atoms with Gasteiger partial charge in [-0.25, -0.2) is 0 Å². The predicted molar refractivity (Wildman–Crippen MR) is 149 cm³/mol. The largest absolute Gasteiger partial charge is 0.359 e. The molecule has 0 aliphatic rings. The Morgan fingerprint density at radius 3 is 2.17 bits per heavy atom. The third kappa shape index (κ3) is 18.4. The van der Waals surface area contributed by atoms with Gasteiger partial charge in [0.05, 0.1) is 19.7 Å². The molecule has 0 heterocycles. The molecule has 9 heteroatoms. The molecule has 0 N–H and O–H groups in total. The molecule has 8 unspecified atom stereocenters. The van der Waals surface area contributed by atoms with Crippen LogP contribution in [0.4, 0.5) is 0 Å². The van der Waals surface area contributed by atoms with Crippen LogP contribution < -0.4 is 0 Å². The van der Waals surface area contributed by atoms with Crippen molar-refractivity contribution in [3.63, 3.8) is 0 Å². The van der Waals surface area contributed by atoms with Crippen molar-refractivity contribution in [2.45, 2.75) is 64.3 Å². The topological polar surface area (TPSA) is 27.7 Å². The van der Waals surface area contributed by atoms with E-state index in [4.69, 9.17) is 13.6 Å². The van der Waals surface area contributed by atoms with Crippen LogP contribution >= 0.6 is 52.3 Å². The lowest BCUT2D eigenvalue weighted by Crippen LogP contribution is -2.25. The second-order valence-corrected chi connectivity index (χ2v) is 13.4. The summed E-state index contributed by atoms with van der Waals surface area (Å²) in [4.78, 5) is 0. The molecule has 0 bridgehead atoms. The highest BCUT2D eigenvalue weighted by atomic mass is 32.4. The van der Waals surface area contributed by atoms with E-state index >= 15 is 0 Å². The van der Waals surface area contributed by atoms with Crippen molar-refractivity contribution in [1.82, 2.24) is 0 Å². The maximum Gasteiger partial charge on any atom is 0.107 e. The van der Waals surface area contributed by atoms with Crippen LogP contribution in [0, 0.1) is 0 Å². The molecule has 0 spiro atoms. The maximum atomic E-state index is 5.91. The lowest BCUT2D eigenvalue weighted by molar-refractivity contribution is 0.104. The van der Waals surface area contributed by atoms with Crippen molar-refractivity contribution in [3.05, 3.63) is 60.8 Å². The number of allylic oxidation sites excluding steroid dienone is 7. The first-order valence-electron chi connectivity index (χ1n) is 9.85. The van der Waals surface area contributed by atoms with Crippen LogP contribution in [-0.2, 0) is 13.6 Å². The fourth-order valence-electron chi connectivity index (χ4n) is 2.36. The SMILES string of the molecule is CCC=CCC(C=CC=CC=CC=CC(OPP)C(CCCC)OP)OP(P)P. The van der Waals surface area contributed by atoms with Crippen LogP contribution in [-0.4, -0.2) is 18.3 Å². The van der Waals surface area contributed by atoms with Crippen molar-refractivity contribution in [2.24, 2.45) is 0 Å². The molecule has 166 valence electrons. The molecule has 0 fully saturated rings. The molecule has 0 aromatic carbocycles. The number of rotatable bonds is 17. The molecular weight excluding hydrogens is 474 g/mol. The van der Waals surface area contributed by atoms with Crippen LogP contribution in [0.5, 0.6) is 0 Å². The molecule has 29 heavy (non-hydrogen) atoms. The molecule has 0 aromatic rings. The Balaban J connectivity index is 4.62. The standard InChI is InChI=1S/C20H38O3P6/c1-3-5-11-14-18(23-29(26)27)15-12-9-7-8-10-13-17-20(22-28-25)19(21-24)16-6-4-2/h5,7-13,15,17-20,28H,3-4,6,14,16,24-27H2,1-2H3. The number of hydrogen-bond acceptors (Lipinski definition) is 3. The second kappa shape index (κ2) is 22.4. The summed E-state index contributed by atoms with van der Waals surface area (Å²) < 4.78 is 17.3. The van der Waals surface area contributed by atoms with Crippen molar-refractivity contribution in [1.29, 1.82) is 0 Å². The zero-order valence-corrected chi connectivity index (χ0v) is 24.0. The Labute approximate surface area is 190 Å².